The largest absolute Gasteiger partial charge is 0.247 e. The van der Waals surface area contributed by atoms with Gasteiger partial charge in [0.15, 0.2) is 6.17 Å². The summed E-state index contributed by atoms with van der Waals surface area (Å²) in [6.45, 7) is 5.17. The van der Waals surface area contributed by atoms with Gasteiger partial charge >= 0.3 is 0 Å². The van der Waals surface area contributed by atoms with E-state index < -0.39 is 17.8 Å². The van der Waals surface area contributed by atoms with Crippen molar-refractivity contribution in [3.05, 3.63) is 0 Å². The molecule has 11 heavy (non-hydrogen) atoms. The summed E-state index contributed by atoms with van der Waals surface area (Å²) in [4.78, 5) is 0. The number of alkyl halides is 2. The quantitative estimate of drug-likeness (QED) is 0.545. The minimum atomic E-state index is -1.45. The van der Waals surface area contributed by atoms with Gasteiger partial charge in [-0.3, -0.25) is 0 Å². The van der Waals surface area contributed by atoms with Gasteiger partial charge in [0.2, 0.25) is 0 Å². The second-order valence-electron chi connectivity index (χ2n) is 3.70. The predicted molar refractivity (Wildman–Crippen MR) is 42.7 cm³/mol. The first kappa shape index (κ1) is 10.4. The molecule has 2 heteroatoms. The van der Waals surface area contributed by atoms with E-state index in [-0.39, 0.29) is 6.42 Å². The molecule has 0 saturated carbocycles. The Balaban J connectivity index is 3.90. The summed E-state index contributed by atoms with van der Waals surface area (Å²) in [6.07, 6.45) is 1.95. The second-order valence-corrected chi connectivity index (χ2v) is 3.70. The van der Waals surface area contributed by atoms with E-state index in [1.807, 2.05) is 5.92 Å². The molecular weight excluding hydrogens is 146 g/mol. The van der Waals surface area contributed by atoms with Crippen molar-refractivity contribution in [2.75, 3.05) is 0 Å². The van der Waals surface area contributed by atoms with E-state index in [0.29, 0.717) is 0 Å². The molecule has 0 heterocycles. The van der Waals surface area contributed by atoms with Gasteiger partial charge in [-0.25, -0.2) is 8.78 Å². The average Bonchev–Trinajstić information content (AvgIpc) is 1.85. The molecule has 0 fully saturated rings. The Morgan fingerprint density at radius 2 is 1.82 bits per heavy atom. The molecule has 0 aliphatic heterocycles. The van der Waals surface area contributed by atoms with Gasteiger partial charge in [-0.15, -0.1) is 6.42 Å². The summed E-state index contributed by atoms with van der Waals surface area (Å²) in [7, 11) is 0. The zero-order valence-corrected chi connectivity index (χ0v) is 7.20. The topological polar surface area (TPSA) is 0 Å². The highest BCUT2D eigenvalue weighted by Gasteiger charge is 2.26. The lowest BCUT2D eigenvalue weighted by atomic mass is 9.87. The molecule has 0 saturated heterocycles. The molecule has 0 aliphatic carbocycles. The second kappa shape index (κ2) is 3.71. The van der Waals surface area contributed by atoms with Crippen LogP contribution in [0.15, 0.2) is 0 Å². The van der Waals surface area contributed by atoms with Crippen LogP contribution in [0.4, 0.5) is 8.78 Å². The third-order valence-corrected chi connectivity index (χ3v) is 1.53. The van der Waals surface area contributed by atoms with E-state index in [0.717, 1.165) is 0 Å². The molecule has 0 amide bonds. The van der Waals surface area contributed by atoms with Crippen molar-refractivity contribution < 1.29 is 8.78 Å². The lowest BCUT2D eigenvalue weighted by Gasteiger charge is -2.23. The van der Waals surface area contributed by atoms with E-state index in [2.05, 4.69) is 0 Å². The first-order valence-electron chi connectivity index (χ1n) is 3.62. The average molecular weight is 160 g/mol. The van der Waals surface area contributed by atoms with Crippen LogP contribution >= 0.6 is 0 Å². The van der Waals surface area contributed by atoms with Crippen LogP contribution in [0, 0.1) is 17.8 Å². The Labute approximate surface area is 67.0 Å². The van der Waals surface area contributed by atoms with E-state index in [1.54, 1.807) is 20.8 Å². The van der Waals surface area contributed by atoms with Crippen LogP contribution < -0.4 is 0 Å². The van der Waals surface area contributed by atoms with E-state index in [9.17, 15) is 8.78 Å². The molecule has 0 radical (unpaired) electrons. The summed E-state index contributed by atoms with van der Waals surface area (Å²) in [6, 6.07) is 0. The Hall–Kier alpha value is -0.580. The summed E-state index contributed by atoms with van der Waals surface area (Å²) < 4.78 is 25.4. The molecule has 2 unspecified atom stereocenters. The number of rotatable bonds is 2. The van der Waals surface area contributed by atoms with E-state index >= 15 is 0 Å². The van der Waals surface area contributed by atoms with E-state index in [4.69, 9.17) is 6.42 Å². The number of hydrogen-bond acceptors (Lipinski definition) is 0. The zero-order valence-electron chi connectivity index (χ0n) is 7.20. The van der Waals surface area contributed by atoms with Crippen LogP contribution in [0.2, 0.25) is 0 Å². The molecule has 0 bridgehead atoms. The maximum Gasteiger partial charge on any atom is 0.163 e. The zero-order chi connectivity index (χ0) is 9.07. The van der Waals surface area contributed by atoms with Crippen molar-refractivity contribution in [3.63, 3.8) is 0 Å². The SMILES string of the molecule is C#CC(F)CC(F)C(C)(C)C. The molecule has 0 N–H and O–H groups in total. The van der Waals surface area contributed by atoms with Crippen LogP contribution in [0.25, 0.3) is 0 Å². The van der Waals surface area contributed by atoms with Crippen molar-refractivity contribution in [2.45, 2.75) is 39.5 Å². The van der Waals surface area contributed by atoms with Gasteiger partial charge in [0, 0.05) is 6.42 Å². The summed E-state index contributed by atoms with van der Waals surface area (Å²) in [5.41, 5.74) is -0.513. The lowest BCUT2D eigenvalue weighted by Crippen LogP contribution is -2.24. The molecule has 2 atom stereocenters. The normalized spacial score (nSPS) is 17.1. The summed E-state index contributed by atoms with van der Waals surface area (Å²) in [5.74, 6) is 1.86. The van der Waals surface area contributed by atoms with Crippen LogP contribution in [0.1, 0.15) is 27.2 Å². The maximum absolute atomic E-state index is 13.0. The molecule has 0 aromatic rings. The van der Waals surface area contributed by atoms with Crippen LogP contribution in [-0.2, 0) is 0 Å². The Bertz CT molecular complexity index is 150. The first-order valence-corrected chi connectivity index (χ1v) is 3.62. The molecule has 0 aliphatic rings. The fourth-order valence-electron chi connectivity index (χ4n) is 0.603. The third kappa shape index (κ3) is 3.98. The highest BCUT2D eigenvalue weighted by atomic mass is 19.1. The smallest absolute Gasteiger partial charge is 0.163 e. The van der Waals surface area contributed by atoms with Crippen molar-refractivity contribution in [2.24, 2.45) is 5.41 Å². The molecule has 0 aromatic heterocycles. The maximum atomic E-state index is 13.0. The van der Waals surface area contributed by atoms with Gasteiger partial charge in [0.05, 0.1) is 0 Å². The van der Waals surface area contributed by atoms with Crippen molar-refractivity contribution in [1.29, 1.82) is 0 Å². The third-order valence-electron chi connectivity index (χ3n) is 1.53. The number of halogens is 2. The minimum Gasteiger partial charge on any atom is -0.247 e. The molecular formula is C9H14F2. The van der Waals surface area contributed by atoms with Crippen molar-refractivity contribution >= 4 is 0 Å². The first-order chi connectivity index (χ1) is 4.88. The Kier molecular flexibility index (Phi) is 3.51. The fourth-order valence-corrected chi connectivity index (χ4v) is 0.603. The summed E-state index contributed by atoms with van der Waals surface area (Å²) in [5, 5.41) is 0. The monoisotopic (exact) mass is 160 g/mol. The lowest BCUT2D eigenvalue weighted by molar-refractivity contribution is 0.130. The highest BCUT2D eigenvalue weighted by Crippen LogP contribution is 2.26. The minimum absolute atomic E-state index is 0.194. The van der Waals surface area contributed by atoms with Crippen molar-refractivity contribution in [1.82, 2.24) is 0 Å². The highest BCUT2D eigenvalue weighted by molar-refractivity contribution is 4.95. The standard InChI is InChI=1S/C9H14F2/c1-5-7(10)6-8(11)9(2,3)4/h1,7-8H,6H2,2-4H3. The Morgan fingerprint density at radius 3 is 2.09 bits per heavy atom. The summed E-state index contributed by atoms with van der Waals surface area (Å²) >= 11 is 0. The fraction of sp³-hybridized carbons (Fsp3) is 0.778. The number of terminal acetylenes is 1. The van der Waals surface area contributed by atoms with Crippen LogP contribution in [-0.4, -0.2) is 12.3 Å². The predicted octanol–water partition coefficient (Wildman–Crippen LogP) is 2.73. The molecule has 64 valence electrons. The number of hydrogen-bond donors (Lipinski definition) is 0. The molecule has 0 rings (SSSR count). The van der Waals surface area contributed by atoms with Gasteiger partial charge in [-0.1, -0.05) is 26.7 Å². The molecule has 0 aromatic carbocycles. The van der Waals surface area contributed by atoms with Gasteiger partial charge < -0.3 is 0 Å². The van der Waals surface area contributed by atoms with Crippen LogP contribution in [0.5, 0.6) is 0 Å². The molecule has 0 spiro atoms. The van der Waals surface area contributed by atoms with E-state index in [1.165, 1.54) is 0 Å². The van der Waals surface area contributed by atoms with Gasteiger partial charge in [-0.05, 0) is 5.41 Å². The van der Waals surface area contributed by atoms with Crippen LogP contribution in [0.3, 0.4) is 0 Å². The van der Waals surface area contributed by atoms with Gasteiger partial charge in [0.1, 0.15) is 6.17 Å². The van der Waals surface area contributed by atoms with Crippen molar-refractivity contribution in [3.8, 4) is 12.3 Å². The van der Waals surface area contributed by atoms with Gasteiger partial charge in [0.25, 0.3) is 0 Å². The van der Waals surface area contributed by atoms with Gasteiger partial charge in [-0.2, -0.15) is 0 Å². The molecule has 0 nitrogen and oxygen atoms in total. The Morgan fingerprint density at radius 1 is 1.36 bits per heavy atom.